The number of nitrogens with zero attached hydrogens (tertiary/aromatic N) is 3. The molecule has 3 aliphatic rings. The molecule has 0 saturated carbocycles. The molecule has 0 aliphatic carbocycles. The molecule has 130 valence electrons. The fourth-order valence-electron chi connectivity index (χ4n) is 3.99. The second kappa shape index (κ2) is 8.11. The van der Waals surface area contributed by atoms with E-state index in [0.717, 1.165) is 51.3 Å². The Hall–Kier alpha value is -1.14. The van der Waals surface area contributed by atoms with Crippen LogP contribution in [0.25, 0.3) is 0 Å². The molecular weight excluding hydrogens is 292 g/mol. The maximum atomic E-state index is 11.1. The molecule has 3 heterocycles. The zero-order valence-electron chi connectivity index (χ0n) is 14.1. The van der Waals surface area contributed by atoms with Crippen molar-refractivity contribution >= 4 is 11.8 Å². The molecule has 6 nitrogen and oxygen atoms in total. The van der Waals surface area contributed by atoms with Crippen LogP contribution in [0.1, 0.15) is 38.5 Å². The number of carbonyl (C=O) groups excluding carboxylic acids is 1. The molecule has 3 aliphatic heterocycles. The number of primary amides is 1. The van der Waals surface area contributed by atoms with E-state index in [-0.39, 0.29) is 12.0 Å². The van der Waals surface area contributed by atoms with Crippen molar-refractivity contribution in [3.63, 3.8) is 0 Å². The maximum Gasteiger partial charge on any atom is 0.231 e. The molecule has 0 aromatic heterocycles. The zero-order valence-corrected chi connectivity index (χ0v) is 14.1. The van der Waals surface area contributed by atoms with E-state index in [2.05, 4.69) is 14.8 Å². The predicted molar refractivity (Wildman–Crippen MR) is 90.4 cm³/mol. The van der Waals surface area contributed by atoms with Crippen LogP contribution < -0.4 is 5.73 Å². The van der Waals surface area contributed by atoms with Crippen LogP contribution in [0.5, 0.6) is 0 Å². The van der Waals surface area contributed by atoms with Gasteiger partial charge < -0.3 is 10.5 Å². The van der Waals surface area contributed by atoms with Gasteiger partial charge >= 0.3 is 0 Å². The number of aliphatic imine (C=N–C) groups is 1. The second-order valence-corrected chi connectivity index (χ2v) is 7.15. The summed E-state index contributed by atoms with van der Waals surface area (Å²) in [6.07, 6.45) is 7.50. The van der Waals surface area contributed by atoms with Crippen LogP contribution >= 0.6 is 0 Å². The van der Waals surface area contributed by atoms with Gasteiger partial charge in [-0.05, 0) is 45.3 Å². The van der Waals surface area contributed by atoms with Gasteiger partial charge in [0.2, 0.25) is 5.91 Å². The molecule has 0 bridgehead atoms. The van der Waals surface area contributed by atoms with Gasteiger partial charge in [0.25, 0.3) is 0 Å². The highest BCUT2D eigenvalue weighted by molar-refractivity contribution is 5.80. The van der Waals surface area contributed by atoms with E-state index in [4.69, 9.17) is 10.5 Å². The van der Waals surface area contributed by atoms with Crippen molar-refractivity contribution in [3.05, 3.63) is 0 Å². The van der Waals surface area contributed by atoms with Gasteiger partial charge in [0.05, 0.1) is 6.54 Å². The Bertz CT molecular complexity index is 434. The number of carbonyl (C=O) groups is 1. The third-order valence-corrected chi connectivity index (χ3v) is 5.15. The normalized spacial score (nSPS) is 30.5. The molecule has 23 heavy (non-hydrogen) atoms. The highest BCUT2D eigenvalue weighted by Crippen LogP contribution is 2.23. The van der Waals surface area contributed by atoms with Gasteiger partial charge in [0.1, 0.15) is 6.10 Å². The summed E-state index contributed by atoms with van der Waals surface area (Å²) in [6, 6.07) is 0. The molecular formula is C17H30N4O2. The first-order valence-corrected chi connectivity index (χ1v) is 9.15. The van der Waals surface area contributed by atoms with E-state index >= 15 is 0 Å². The van der Waals surface area contributed by atoms with Crippen molar-refractivity contribution in [1.82, 2.24) is 9.80 Å². The Balaban J connectivity index is 1.51. The highest BCUT2D eigenvalue weighted by atomic mass is 16.5. The number of piperidine rings is 2. The van der Waals surface area contributed by atoms with Crippen molar-refractivity contribution in [2.24, 2.45) is 16.6 Å². The third kappa shape index (κ3) is 4.91. The summed E-state index contributed by atoms with van der Waals surface area (Å²) in [5, 5.41) is 0. The molecule has 2 N–H and O–H groups in total. The zero-order chi connectivity index (χ0) is 16.1. The quantitative estimate of drug-likeness (QED) is 0.815. The second-order valence-electron chi connectivity index (χ2n) is 7.15. The monoisotopic (exact) mass is 322 g/mol. The fraction of sp³-hybridized carbons (Fsp3) is 0.882. The largest absolute Gasteiger partial charge is 0.476 e. The van der Waals surface area contributed by atoms with Crippen LogP contribution in [0.3, 0.4) is 0 Å². The van der Waals surface area contributed by atoms with E-state index in [1.165, 1.54) is 32.4 Å². The van der Waals surface area contributed by atoms with E-state index in [1.807, 2.05) is 0 Å². The molecule has 2 unspecified atom stereocenters. The summed E-state index contributed by atoms with van der Waals surface area (Å²) in [4.78, 5) is 20.5. The maximum absolute atomic E-state index is 11.1. The van der Waals surface area contributed by atoms with Gasteiger partial charge in [-0.15, -0.1) is 0 Å². The molecule has 2 fully saturated rings. The minimum absolute atomic E-state index is 0.250. The number of likely N-dealkylation sites (tertiary alicyclic amines) is 2. The number of hydrogen-bond donors (Lipinski definition) is 1. The van der Waals surface area contributed by atoms with E-state index in [9.17, 15) is 4.79 Å². The lowest BCUT2D eigenvalue weighted by molar-refractivity contribution is -0.119. The molecule has 1 amide bonds. The van der Waals surface area contributed by atoms with E-state index < -0.39 is 0 Å². The molecule has 0 spiro atoms. The number of amides is 1. The number of nitrogens with two attached hydrogens (primary N) is 1. The van der Waals surface area contributed by atoms with E-state index in [1.54, 1.807) is 0 Å². The van der Waals surface area contributed by atoms with Gasteiger partial charge in [-0.25, -0.2) is 0 Å². The number of hydrogen-bond acceptors (Lipinski definition) is 5. The van der Waals surface area contributed by atoms with Crippen LogP contribution in [0.2, 0.25) is 0 Å². The molecule has 2 atom stereocenters. The number of rotatable bonds is 5. The van der Waals surface area contributed by atoms with Gasteiger partial charge in [0, 0.05) is 32.0 Å². The molecule has 0 aromatic carbocycles. The SMILES string of the molecule is NC(=O)CN1CCCC(C2=NCCC(CN3CCCCC3)O2)C1. The van der Waals surface area contributed by atoms with Gasteiger partial charge in [-0.1, -0.05) is 6.42 Å². The molecule has 6 heteroatoms. The highest BCUT2D eigenvalue weighted by Gasteiger charge is 2.30. The van der Waals surface area contributed by atoms with Gasteiger partial charge in [-0.3, -0.25) is 19.6 Å². The summed E-state index contributed by atoms with van der Waals surface area (Å²) in [5.74, 6) is 1.000. The third-order valence-electron chi connectivity index (χ3n) is 5.15. The smallest absolute Gasteiger partial charge is 0.231 e. The first-order valence-electron chi connectivity index (χ1n) is 9.15. The lowest BCUT2D eigenvalue weighted by Gasteiger charge is -2.36. The van der Waals surface area contributed by atoms with Crippen molar-refractivity contribution in [2.75, 3.05) is 45.8 Å². The van der Waals surface area contributed by atoms with E-state index in [0.29, 0.717) is 12.5 Å². The average molecular weight is 322 g/mol. The van der Waals surface area contributed by atoms with Crippen molar-refractivity contribution < 1.29 is 9.53 Å². The van der Waals surface area contributed by atoms with Gasteiger partial charge in [-0.2, -0.15) is 0 Å². The van der Waals surface area contributed by atoms with Crippen LogP contribution in [-0.2, 0) is 9.53 Å². The Labute approximate surface area is 139 Å². The van der Waals surface area contributed by atoms with Crippen LogP contribution in [0.15, 0.2) is 4.99 Å². The molecule has 2 saturated heterocycles. The topological polar surface area (TPSA) is 71.2 Å². The Morgan fingerprint density at radius 1 is 1.13 bits per heavy atom. The van der Waals surface area contributed by atoms with Crippen LogP contribution in [0.4, 0.5) is 0 Å². The van der Waals surface area contributed by atoms with Crippen molar-refractivity contribution in [2.45, 2.75) is 44.6 Å². The summed E-state index contributed by atoms with van der Waals surface area (Å²) < 4.78 is 6.25. The molecule has 0 radical (unpaired) electrons. The first-order chi connectivity index (χ1) is 11.2. The van der Waals surface area contributed by atoms with Crippen molar-refractivity contribution in [1.29, 1.82) is 0 Å². The summed E-state index contributed by atoms with van der Waals surface area (Å²) in [5.41, 5.74) is 5.33. The van der Waals surface area contributed by atoms with Crippen LogP contribution in [-0.4, -0.2) is 73.5 Å². The number of ether oxygens (including phenoxy) is 1. The lowest BCUT2D eigenvalue weighted by atomic mass is 9.97. The predicted octanol–water partition coefficient (Wildman–Crippen LogP) is 0.857. The summed E-state index contributed by atoms with van der Waals surface area (Å²) in [6.45, 7) is 6.48. The first kappa shape index (κ1) is 16.7. The standard InChI is InChI=1S/C17H30N4O2/c18-16(22)13-21-10-4-5-14(11-21)17-19-7-6-15(23-17)12-20-8-2-1-3-9-20/h14-15H,1-13H2,(H2,18,22). The summed E-state index contributed by atoms with van der Waals surface area (Å²) in [7, 11) is 0. The Kier molecular flexibility index (Phi) is 5.89. The molecule has 3 rings (SSSR count). The Morgan fingerprint density at radius 2 is 1.91 bits per heavy atom. The van der Waals surface area contributed by atoms with Crippen LogP contribution in [0, 0.1) is 5.92 Å². The molecule has 0 aromatic rings. The minimum Gasteiger partial charge on any atom is -0.476 e. The average Bonchev–Trinajstić information content (AvgIpc) is 2.56. The fourth-order valence-corrected chi connectivity index (χ4v) is 3.99. The minimum atomic E-state index is -0.250. The summed E-state index contributed by atoms with van der Waals surface area (Å²) >= 11 is 0. The Morgan fingerprint density at radius 3 is 2.70 bits per heavy atom. The lowest BCUT2D eigenvalue weighted by Crippen LogP contribution is -2.46. The van der Waals surface area contributed by atoms with Gasteiger partial charge in [0.15, 0.2) is 5.90 Å². The van der Waals surface area contributed by atoms with Crippen molar-refractivity contribution in [3.8, 4) is 0 Å².